The molecule has 31 heavy (non-hydrogen) atoms. The molecule has 0 N–H and O–H groups in total. The summed E-state index contributed by atoms with van der Waals surface area (Å²) < 4.78 is 71.6. The largest absolute Gasteiger partial charge is 0.534 e. The van der Waals surface area contributed by atoms with E-state index in [0.717, 1.165) is 38.5 Å². The van der Waals surface area contributed by atoms with Gasteiger partial charge in [-0.05, 0) is 68.3 Å². The van der Waals surface area contributed by atoms with Gasteiger partial charge >= 0.3 is 15.6 Å². The molecule has 0 heterocycles. The molecule has 0 aromatic heterocycles. The molecule has 3 aliphatic carbocycles. The van der Waals surface area contributed by atoms with Crippen LogP contribution in [0.4, 0.5) is 13.2 Å². The average Bonchev–Trinajstić information content (AvgIpc) is 2.94. The minimum atomic E-state index is -5.68. The van der Waals surface area contributed by atoms with E-state index in [0.29, 0.717) is 25.2 Å². The molecule has 0 unspecified atom stereocenters. The van der Waals surface area contributed by atoms with Gasteiger partial charge in [-0.15, -0.1) is 0 Å². The minimum absolute atomic E-state index is 0.0194. The van der Waals surface area contributed by atoms with Crippen molar-refractivity contribution in [1.29, 1.82) is 0 Å². The van der Waals surface area contributed by atoms with E-state index in [1.165, 1.54) is 11.6 Å². The highest BCUT2D eigenvalue weighted by atomic mass is 32.2. The molecule has 5 nitrogen and oxygen atoms in total. The number of alkyl halides is 3. The van der Waals surface area contributed by atoms with Crippen LogP contribution < -0.4 is 0 Å². The fraction of sp³-hybridized carbons (Fsp3) is 0.773. The second kappa shape index (κ2) is 8.45. The van der Waals surface area contributed by atoms with Crippen LogP contribution in [-0.2, 0) is 23.8 Å². The van der Waals surface area contributed by atoms with Gasteiger partial charge in [-0.1, -0.05) is 32.4 Å². The SMILES string of the molecule is C[C@@H]1CC=C(OS(=O)(=O)C(F)(F)F)[C@@]1(C)CC[C@H]1CCC=C2C[C@@H](OC=O)CC[C@@]21C. The first-order valence-corrected chi connectivity index (χ1v) is 12.2. The summed E-state index contributed by atoms with van der Waals surface area (Å²) in [6, 6.07) is 0. The van der Waals surface area contributed by atoms with Gasteiger partial charge < -0.3 is 8.92 Å². The van der Waals surface area contributed by atoms with Crippen molar-refractivity contribution in [2.24, 2.45) is 22.7 Å². The van der Waals surface area contributed by atoms with Gasteiger partial charge in [-0.2, -0.15) is 21.6 Å². The van der Waals surface area contributed by atoms with Crippen molar-refractivity contribution in [3.63, 3.8) is 0 Å². The number of hydrogen-bond donors (Lipinski definition) is 0. The summed E-state index contributed by atoms with van der Waals surface area (Å²) in [6.07, 6.45) is 9.71. The lowest BCUT2D eigenvalue weighted by Gasteiger charge is -2.48. The first-order valence-electron chi connectivity index (χ1n) is 10.8. The van der Waals surface area contributed by atoms with E-state index >= 15 is 0 Å². The zero-order valence-electron chi connectivity index (χ0n) is 18.2. The van der Waals surface area contributed by atoms with Crippen molar-refractivity contribution in [2.45, 2.75) is 83.8 Å². The number of halogens is 3. The molecule has 0 saturated heterocycles. The van der Waals surface area contributed by atoms with Crippen molar-refractivity contribution in [1.82, 2.24) is 0 Å². The number of ether oxygens (including phenoxy) is 1. The molecule has 0 radical (unpaired) electrons. The zero-order valence-corrected chi connectivity index (χ0v) is 19.0. The molecule has 1 saturated carbocycles. The van der Waals surface area contributed by atoms with Crippen LogP contribution in [0.2, 0.25) is 0 Å². The maximum absolute atomic E-state index is 12.9. The van der Waals surface area contributed by atoms with E-state index < -0.39 is 21.0 Å². The number of rotatable bonds is 7. The minimum Gasteiger partial charge on any atom is -0.464 e. The highest BCUT2D eigenvalue weighted by molar-refractivity contribution is 7.87. The highest BCUT2D eigenvalue weighted by Crippen LogP contribution is 2.55. The van der Waals surface area contributed by atoms with Gasteiger partial charge in [0.2, 0.25) is 0 Å². The molecule has 5 atom stereocenters. The third-order valence-electron chi connectivity index (χ3n) is 8.02. The van der Waals surface area contributed by atoms with E-state index in [1.54, 1.807) is 6.92 Å². The number of carbonyl (C=O) groups is 1. The summed E-state index contributed by atoms with van der Waals surface area (Å²) in [5.74, 6) is 0.223. The number of hydrogen-bond acceptors (Lipinski definition) is 5. The molecule has 176 valence electrons. The van der Waals surface area contributed by atoms with Crippen LogP contribution in [0.5, 0.6) is 0 Å². The lowest BCUT2D eigenvalue weighted by molar-refractivity contribution is -0.135. The van der Waals surface area contributed by atoms with Crippen molar-refractivity contribution in [3.8, 4) is 0 Å². The summed E-state index contributed by atoms with van der Waals surface area (Å²) in [7, 11) is -5.68. The zero-order chi connectivity index (χ0) is 23.1. The third kappa shape index (κ3) is 4.52. The Morgan fingerprint density at radius 2 is 1.94 bits per heavy atom. The maximum atomic E-state index is 12.9. The van der Waals surface area contributed by atoms with Gasteiger partial charge in [0.15, 0.2) is 0 Å². The van der Waals surface area contributed by atoms with Gasteiger partial charge in [0.05, 0.1) is 0 Å². The molecule has 1 fully saturated rings. The topological polar surface area (TPSA) is 69.7 Å². The molecular weight excluding hydrogens is 433 g/mol. The number of fused-ring (bicyclic) bond motifs is 1. The molecule has 0 spiro atoms. The predicted octanol–water partition coefficient (Wildman–Crippen LogP) is 5.63. The maximum Gasteiger partial charge on any atom is 0.534 e. The predicted molar refractivity (Wildman–Crippen MR) is 109 cm³/mol. The first-order chi connectivity index (χ1) is 14.3. The molecule has 0 bridgehead atoms. The van der Waals surface area contributed by atoms with Crippen molar-refractivity contribution in [2.75, 3.05) is 0 Å². The number of carbonyl (C=O) groups excluding carboxylic acids is 1. The van der Waals surface area contributed by atoms with Crippen molar-refractivity contribution >= 4 is 16.6 Å². The average molecular weight is 465 g/mol. The van der Waals surface area contributed by atoms with Crippen molar-refractivity contribution < 1.29 is 35.3 Å². The molecule has 0 aromatic rings. The van der Waals surface area contributed by atoms with Gasteiger partial charge in [0.25, 0.3) is 6.47 Å². The van der Waals surface area contributed by atoms with E-state index in [1.807, 2.05) is 6.92 Å². The Hall–Kier alpha value is -1.51. The molecule has 3 aliphatic rings. The molecule has 3 rings (SSSR count). The lowest BCUT2D eigenvalue weighted by Crippen LogP contribution is -2.40. The second-order valence-corrected chi connectivity index (χ2v) is 11.2. The van der Waals surface area contributed by atoms with Crippen LogP contribution in [-0.4, -0.2) is 26.5 Å². The smallest absolute Gasteiger partial charge is 0.464 e. The summed E-state index contributed by atoms with van der Waals surface area (Å²) in [5, 5.41) is 0. The summed E-state index contributed by atoms with van der Waals surface area (Å²) in [4.78, 5) is 10.7. The van der Waals surface area contributed by atoms with Crippen LogP contribution in [0, 0.1) is 22.7 Å². The van der Waals surface area contributed by atoms with Crippen LogP contribution in [0.15, 0.2) is 23.5 Å². The van der Waals surface area contributed by atoms with Gasteiger partial charge in [-0.3, -0.25) is 4.79 Å². The quantitative estimate of drug-likeness (QED) is 0.211. The Morgan fingerprint density at radius 1 is 1.23 bits per heavy atom. The Bertz CT molecular complexity index is 863. The lowest BCUT2D eigenvalue weighted by atomic mass is 9.58. The monoisotopic (exact) mass is 464 g/mol. The van der Waals surface area contributed by atoms with Gasteiger partial charge in [0, 0.05) is 11.8 Å². The highest BCUT2D eigenvalue weighted by Gasteiger charge is 2.52. The Morgan fingerprint density at radius 3 is 2.58 bits per heavy atom. The van der Waals surface area contributed by atoms with Gasteiger partial charge in [-0.25, -0.2) is 0 Å². The molecule has 9 heteroatoms. The molecule has 0 aromatic carbocycles. The first kappa shape index (κ1) is 24.1. The number of allylic oxidation sites excluding steroid dienone is 3. The molecule has 0 aliphatic heterocycles. The van der Waals surface area contributed by atoms with E-state index in [2.05, 4.69) is 17.2 Å². The second-order valence-electron chi connectivity index (χ2n) is 9.66. The van der Waals surface area contributed by atoms with E-state index in [9.17, 15) is 26.4 Å². The normalized spacial score (nSPS) is 36.3. The van der Waals surface area contributed by atoms with Crippen LogP contribution in [0.1, 0.15) is 72.1 Å². The Labute approximate surface area is 182 Å². The van der Waals surface area contributed by atoms with Crippen LogP contribution >= 0.6 is 0 Å². The standard InChI is InChI=1S/C22H31F3O5S/c1-15-7-8-19(30-31(27,28)22(23,24)25)20(15,2)11-9-16-5-4-6-17-13-18(29-14-26)10-12-21(16,17)3/h6,8,14-16,18H,4-5,7,9-13H2,1-3H3/t15-,16-,18+,20+,21-/m1/s1. The summed E-state index contributed by atoms with van der Waals surface area (Å²) >= 11 is 0. The van der Waals surface area contributed by atoms with Gasteiger partial charge in [0.1, 0.15) is 11.9 Å². The van der Waals surface area contributed by atoms with Crippen LogP contribution in [0.3, 0.4) is 0 Å². The van der Waals surface area contributed by atoms with Crippen molar-refractivity contribution in [3.05, 3.63) is 23.5 Å². The Kier molecular flexibility index (Phi) is 6.58. The van der Waals surface area contributed by atoms with Crippen LogP contribution in [0.25, 0.3) is 0 Å². The fourth-order valence-electron chi connectivity index (χ4n) is 5.58. The Balaban J connectivity index is 1.73. The summed E-state index contributed by atoms with van der Waals surface area (Å²) in [5.41, 5.74) is -4.96. The van der Waals surface area contributed by atoms with E-state index in [-0.39, 0.29) is 23.2 Å². The fourth-order valence-corrected chi connectivity index (χ4v) is 6.17. The summed E-state index contributed by atoms with van der Waals surface area (Å²) in [6.45, 7) is 6.45. The molecule has 0 amide bonds. The molecular formula is C22H31F3O5S. The van der Waals surface area contributed by atoms with E-state index in [4.69, 9.17) is 4.74 Å². The third-order valence-corrected chi connectivity index (χ3v) is 8.99.